The summed E-state index contributed by atoms with van der Waals surface area (Å²) in [5, 5.41) is 2.87. The molecule has 0 radical (unpaired) electrons. The number of rotatable bonds is 7. The molecule has 6 nitrogen and oxygen atoms in total. The average Bonchev–Trinajstić information content (AvgIpc) is 2.96. The topological polar surface area (TPSA) is 75.7 Å². The zero-order valence-electron chi connectivity index (χ0n) is 14.4. The van der Waals surface area contributed by atoms with Crippen LogP contribution in [-0.2, 0) is 26.0 Å². The summed E-state index contributed by atoms with van der Waals surface area (Å²) in [6.45, 7) is 7.64. The number of carbonyl (C=O) groups is 1. The van der Waals surface area contributed by atoms with E-state index in [0.717, 1.165) is 4.88 Å². The molecule has 2 heterocycles. The van der Waals surface area contributed by atoms with E-state index in [1.54, 1.807) is 6.07 Å². The third-order valence-corrected chi connectivity index (χ3v) is 7.42. The Morgan fingerprint density at radius 2 is 2.21 bits per heavy atom. The molecule has 8 heteroatoms. The van der Waals surface area contributed by atoms with Crippen LogP contribution in [0.5, 0.6) is 0 Å². The minimum absolute atomic E-state index is 0.0385. The summed E-state index contributed by atoms with van der Waals surface area (Å²) >= 11 is 1.28. The zero-order valence-corrected chi connectivity index (χ0v) is 16.1. The predicted molar refractivity (Wildman–Crippen MR) is 94.7 cm³/mol. The van der Waals surface area contributed by atoms with Crippen LogP contribution in [0.15, 0.2) is 16.3 Å². The molecule has 1 atom stereocenters. The molecule has 1 aliphatic heterocycles. The van der Waals surface area contributed by atoms with E-state index in [-0.39, 0.29) is 11.9 Å². The van der Waals surface area contributed by atoms with Crippen LogP contribution in [0.25, 0.3) is 0 Å². The number of hydrogen-bond donors (Lipinski definition) is 1. The van der Waals surface area contributed by atoms with E-state index in [4.69, 9.17) is 4.74 Å². The lowest BCUT2D eigenvalue weighted by atomic mass is 10.1. The minimum Gasteiger partial charge on any atom is -0.378 e. The van der Waals surface area contributed by atoms with Gasteiger partial charge in [-0.2, -0.15) is 4.31 Å². The average molecular weight is 375 g/mol. The highest BCUT2D eigenvalue weighted by Crippen LogP contribution is 2.27. The molecule has 1 fully saturated rings. The SMILES string of the molecule is CC(C)CC(=O)NCCc1ccc(S(=O)(=O)N2CCOCC2C)s1. The summed E-state index contributed by atoms with van der Waals surface area (Å²) in [6.07, 6.45) is 1.15. The van der Waals surface area contributed by atoms with Gasteiger partial charge in [-0.05, 0) is 31.4 Å². The largest absolute Gasteiger partial charge is 0.378 e. The monoisotopic (exact) mass is 374 g/mol. The summed E-state index contributed by atoms with van der Waals surface area (Å²) < 4.78 is 32.6. The van der Waals surface area contributed by atoms with Crippen molar-refractivity contribution in [3.05, 3.63) is 17.0 Å². The molecule has 1 aromatic rings. The Hall–Kier alpha value is -0.960. The Labute approximate surface area is 148 Å². The second kappa shape index (κ2) is 8.42. The number of morpholine rings is 1. The van der Waals surface area contributed by atoms with Gasteiger partial charge in [-0.15, -0.1) is 11.3 Å². The van der Waals surface area contributed by atoms with E-state index < -0.39 is 10.0 Å². The molecule has 0 aliphatic carbocycles. The highest BCUT2D eigenvalue weighted by molar-refractivity contribution is 7.91. The van der Waals surface area contributed by atoms with Crippen LogP contribution in [0.3, 0.4) is 0 Å². The minimum atomic E-state index is -3.46. The van der Waals surface area contributed by atoms with Gasteiger partial charge < -0.3 is 10.1 Å². The van der Waals surface area contributed by atoms with E-state index >= 15 is 0 Å². The predicted octanol–water partition coefficient (Wildman–Crippen LogP) is 1.86. The fourth-order valence-electron chi connectivity index (χ4n) is 2.58. The molecule has 0 saturated carbocycles. The van der Waals surface area contributed by atoms with Gasteiger partial charge >= 0.3 is 0 Å². The first-order valence-electron chi connectivity index (χ1n) is 8.25. The molecule has 0 aromatic carbocycles. The first kappa shape index (κ1) is 19.4. The maximum atomic E-state index is 12.7. The normalized spacial score (nSPS) is 19.6. The second-order valence-corrected chi connectivity index (χ2v) is 9.74. The van der Waals surface area contributed by atoms with Gasteiger partial charge in [0.1, 0.15) is 4.21 Å². The number of nitrogens with zero attached hydrogens (tertiary/aromatic N) is 1. The Balaban J connectivity index is 1.93. The molecule has 1 unspecified atom stereocenters. The molecular formula is C16H26N2O4S2. The molecule has 1 aliphatic rings. The third kappa shape index (κ3) is 5.02. The third-order valence-electron chi connectivity index (χ3n) is 3.79. The summed E-state index contributed by atoms with van der Waals surface area (Å²) in [4.78, 5) is 12.6. The van der Waals surface area contributed by atoms with Gasteiger partial charge in [0.15, 0.2) is 0 Å². The van der Waals surface area contributed by atoms with E-state index in [0.29, 0.717) is 49.3 Å². The van der Waals surface area contributed by atoms with Crippen molar-refractivity contribution < 1.29 is 17.9 Å². The van der Waals surface area contributed by atoms with E-state index in [1.165, 1.54) is 15.6 Å². The van der Waals surface area contributed by atoms with Gasteiger partial charge in [0.25, 0.3) is 10.0 Å². The highest BCUT2D eigenvalue weighted by atomic mass is 32.2. The number of carbonyl (C=O) groups excluding carboxylic acids is 1. The molecule has 1 saturated heterocycles. The fraction of sp³-hybridized carbons (Fsp3) is 0.688. The standard InChI is InChI=1S/C16H26N2O4S2/c1-12(2)10-15(19)17-7-6-14-4-5-16(23-14)24(20,21)18-8-9-22-11-13(18)3/h4-5,12-13H,6-11H2,1-3H3,(H,17,19). The Morgan fingerprint density at radius 3 is 2.88 bits per heavy atom. The Kier molecular flexibility index (Phi) is 6.79. The molecule has 1 N–H and O–H groups in total. The van der Waals surface area contributed by atoms with Crippen molar-refractivity contribution in [2.75, 3.05) is 26.3 Å². The smallest absolute Gasteiger partial charge is 0.252 e. The summed E-state index contributed by atoms with van der Waals surface area (Å²) in [6, 6.07) is 3.34. The van der Waals surface area contributed by atoms with Crippen LogP contribution in [0.2, 0.25) is 0 Å². The summed E-state index contributed by atoms with van der Waals surface area (Å²) in [5.74, 6) is 0.371. The van der Waals surface area contributed by atoms with Crippen LogP contribution in [-0.4, -0.2) is 51.0 Å². The molecule has 0 bridgehead atoms. The highest BCUT2D eigenvalue weighted by Gasteiger charge is 2.32. The summed E-state index contributed by atoms with van der Waals surface area (Å²) in [7, 11) is -3.46. The van der Waals surface area contributed by atoms with Crippen LogP contribution in [0.1, 0.15) is 32.1 Å². The summed E-state index contributed by atoms with van der Waals surface area (Å²) in [5.41, 5.74) is 0. The van der Waals surface area contributed by atoms with E-state index in [1.807, 2.05) is 26.8 Å². The second-order valence-electron chi connectivity index (χ2n) is 6.46. The lowest BCUT2D eigenvalue weighted by Gasteiger charge is -2.31. The van der Waals surface area contributed by atoms with Crippen molar-refractivity contribution in [1.82, 2.24) is 9.62 Å². The van der Waals surface area contributed by atoms with Crippen molar-refractivity contribution in [1.29, 1.82) is 0 Å². The Bertz CT molecular complexity index is 655. The van der Waals surface area contributed by atoms with Crippen LogP contribution < -0.4 is 5.32 Å². The maximum Gasteiger partial charge on any atom is 0.252 e. The van der Waals surface area contributed by atoms with Gasteiger partial charge in [-0.25, -0.2) is 8.42 Å². The number of nitrogens with one attached hydrogen (secondary N) is 1. The van der Waals surface area contributed by atoms with Gasteiger partial charge in [0.2, 0.25) is 5.91 Å². The van der Waals surface area contributed by atoms with Crippen molar-refractivity contribution >= 4 is 27.3 Å². The fourth-order valence-corrected chi connectivity index (χ4v) is 5.67. The molecule has 1 amide bonds. The van der Waals surface area contributed by atoms with E-state index in [9.17, 15) is 13.2 Å². The van der Waals surface area contributed by atoms with Crippen LogP contribution >= 0.6 is 11.3 Å². The van der Waals surface area contributed by atoms with Crippen LogP contribution in [0, 0.1) is 5.92 Å². The number of sulfonamides is 1. The molecule has 24 heavy (non-hydrogen) atoms. The lowest BCUT2D eigenvalue weighted by Crippen LogP contribution is -2.46. The lowest BCUT2D eigenvalue weighted by molar-refractivity contribution is -0.121. The number of ether oxygens (including phenoxy) is 1. The number of amides is 1. The number of hydrogen-bond acceptors (Lipinski definition) is 5. The van der Waals surface area contributed by atoms with Crippen molar-refractivity contribution in [3.8, 4) is 0 Å². The Morgan fingerprint density at radius 1 is 1.46 bits per heavy atom. The van der Waals surface area contributed by atoms with Crippen molar-refractivity contribution in [2.45, 2.75) is 43.9 Å². The van der Waals surface area contributed by atoms with Gasteiger partial charge in [-0.1, -0.05) is 13.8 Å². The van der Waals surface area contributed by atoms with Gasteiger partial charge in [0, 0.05) is 30.4 Å². The number of thiophene rings is 1. The molecular weight excluding hydrogens is 348 g/mol. The van der Waals surface area contributed by atoms with E-state index in [2.05, 4.69) is 5.32 Å². The molecule has 0 spiro atoms. The van der Waals surface area contributed by atoms with Crippen LogP contribution in [0.4, 0.5) is 0 Å². The zero-order chi connectivity index (χ0) is 17.7. The quantitative estimate of drug-likeness (QED) is 0.790. The molecule has 136 valence electrons. The maximum absolute atomic E-state index is 12.7. The first-order valence-corrected chi connectivity index (χ1v) is 10.5. The van der Waals surface area contributed by atoms with Gasteiger partial charge in [0.05, 0.1) is 13.2 Å². The molecule has 1 aromatic heterocycles. The first-order chi connectivity index (χ1) is 11.3. The van der Waals surface area contributed by atoms with Crippen molar-refractivity contribution in [3.63, 3.8) is 0 Å². The van der Waals surface area contributed by atoms with Gasteiger partial charge in [-0.3, -0.25) is 4.79 Å². The molecule has 2 rings (SSSR count). The van der Waals surface area contributed by atoms with Crippen molar-refractivity contribution in [2.24, 2.45) is 5.92 Å².